The van der Waals surface area contributed by atoms with Gasteiger partial charge in [-0.3, -0.25) is 0 Å². The normalized spacial score (nSPS) is 26.1. The molecule has 0 amide bonds. The number of rotatable bonds is 7. The molecule has 0 heterocycles. The second kappa shape index (κ2) is 9.79. The van der Waals surface area contributed by atoms with Gasteiger partial charge in [0.2, 0.25) is 0 Å². The molecule has 2 aromatic rings. The molecule has 4 unspecified atom stereocenters. The van der Waals surface area contributed by atoms with Crippen LogP contribution in [-0.2, 0) is 6.42 Å². The van der Waals surface area contributed by atoms with E-state index in [4.69, 9.17) is 0 Å². The van der Waals surface area contributed by atoms with E-state index in [1.165, 1.54) is 50.7 Å². The number of allylic oxidation sites excluding steroid dienone is 1. The lowest BCUT2D eigenvalue weighted by atomic mass is 9.63. The van der Waals surface area contributed by atoms with Gasteiger partial charge >= 0.3 is 0 Å². The van der Waals surface area contributed by atoms with E-state index in [0.29, 0.717) is 30.1 Å². The average Bonchev–Trinajstić information content (AvgIpc) is 2.75. The molecule has 0 nitrogen and oxygen atoms in total. The molecule has 0 saturated heterocycles. The fourth-order valence-corrected chi connectivity index (χ4v) is 6.28. The molecular formula is C28H35F3. The van der Waals surface area contributed by atoms with Gasteiger partial charge in [-0.1, -0.05) is 44.7 Å². The molecule has 4 rings (SSSR count). The van der Waals surface area contributed by atoms with E-state index in [1.807, 2.05) is 0 Å². The Morgan fingerprint density at radius 3 is 2.52 bits per heavy atom. The monoisotopic (exact) mass is 428 g/mol. The van der Waals surface area contributed by atoms with Gasteiger partial charge in [0.1, 0.15) is 17.5 Å². The van der Waals surface area contributed by atoms with Crippen LogP contribution >= 0.6 is 0 Å². The lowest BCUT2D eigenvalue weighted by molar-refractivity contribution is 0.112. The molecule has 2 fully saturated rings. The van der Waals surface area contributed by atoms with Crippen LogP contribution in [-0.4, -0.2) is 0 Å². The first-order valence-electron chi connectivity index (χ1n) is 12.2. The molecule has 2 aromatic carbocycles. The zero-order valence-corrected chi connectivity index (χ0v) is 18.7. The third kappa shape index (κ3) is 4.71. The highest BCUT2D eigenvalue weighted by molar-refractivity contribution is 5.85. The quantitative estimate of drug-likeness (QED) is 0.386. The van der Waals surface area contributed by atoms with Crippen molar-refractivity contribution in [3.63, 3.8) is 0 Å². The average molecular weight is 429 g/mol. The maximum absolute atomic E-state index is 15.5. The van der Waals surface area contributed by atoms with Crippen molar-refractivity contribution in [1.82, 2.24) is 0 Å². The van der Waals surface area contributed by atoms with Gasteiger partial charge in [-0.15, -0.1) is 6.58 Å². The number of hydrogen-bond acceptors (Lipinski definition) is 0. The zero-order valence-electron chi connectivity index (χ0n) is 18.7. The molecule has 2 aliphatic carbocycles. The number of fused-ring (bicyclic) bond motifs is 2. The van der Waals surface area contributed by atoms with Crippen LogP contribution in [0.1, 0.15) is 88.2 Å². The highest BCUT2D eigenvalue weighted by Crippen LogP contribution is 2.49. The van der Waals surface area contributed by atoms with Gasteiger partial charge in [0.15, 0.2) is 0 Å². The van der Waals surface area contributed by atoms with Crippen LogP contribution in [0.5, 0.6) is 0 Å². The minimum absolute atomic E-state index is 0.0517. The number of halogens is 3. The Hall–Kier alpha value is -1.77. The Morgan fingerprint density at radius 1 is 0.968 bits per heavy atom. The molecule has 0 N–H and O–H groups in total. The van der Waals surface area contributed by atoms with E-state index in [9.17, 15) is 4.39 Å². The predicted octanol–water partition coefficient (Wildman–Crippen LogP) is 8.87. The molecule has 0 spiro atoms. The molecule has 4 atom stereocenters. The summed E-state index contributed by atoms with van der Waals surface area (Å²) in [5.41, 5.74) is 0.869. The summed E-state index contributed by atoms with van der Waals surface area (Å²) in [5, 5.41) is 0.270. The molecule has 0 aliphatic heterocycles. The summed E-state index contributed by atoms with van der Waals surface area (Å²) in [7, 11) is 0. The van der Waals surface area contributed by atoms with Crippen LogP contribution in [0.3, 0.4) is 0 Å². The molecule has 0 aromatic heterocycles. The first kappa shape index (κ1) is 22.4. The fraction of sp³-hybridized carbons (Fsp3) is 0.571. The van der Waals surface area contributed by atoms with E-state index in [-0.39, 0.29) is 16.9 Å². The van der Waals surface area contributed by atoms with E-state index in [1.54, 1.807) is 12.1 Å². The summed E-state index contributed by atoms with van der Waals surface area (Å²) < 4.78 is 45.5. The molecule has 0 bridgehead atoms. The molecule has 2 aliphatic rings. The third-order valence-corrected chi connectivity index (χ3v) is 7.91. The van der Waals surface area contributed by atoms with Crippen molar-refractivity contribution in [2.45, 2.75) is 83.5 Å². The van der Waals surface area contributed by atoms with E-state index in [2.05, 4.69) is 13.5 Å². The molecule has 0 radical (unpaired) electrons. The lowest BCUT2D eigenvalue weighted by Crippen LogP contribution is -2.31. The molecule has 2 saturated carbocycles. The summed E-state index contributed by atoms with van der Waals surface area (Å²) in [6.45, 7) is 5.93. The zero-order chi connectivity index (χ0) is 22.0. The molecule has 3 heteroatoms. The van der Waals surface area contributed by atoms with E-state index in [0.717, 1.165) is 30.7 Å². The predicted molar refractivity (Wildman–Crippen MR) is 123 cm³/mol. The van der Waals surface area contributed by atoms with E-state index >= 15 is 8.78 Å². The van der Waals surface area contributed by atoms with Gasteiger partial charge < -0.3 is 0 Å². The van der Waals surface area contributed by atoms with Crippen LogP contribution in [0.25, 0.3) is 10.8 Å². The summed E-state index contributed by atoms with van der Waals surface area (Å²) in [4.78, 5) is 0. The second-order valence-corrected chi connectivity index (χ2v) is 9.94. The van der Waals surface area contributed by atoms with Crippen LogP contribution in [0.15, 0.2) is 30.9 Å². The van der Waals surface area contributed by atoms with Crippen LogP contribution in [0.4, 0.5) is 13.2 Å². The highest BCUT2D eigenvalue weighted by atomic mass is 19.1. The first-order chi connectivity index (χ1) is 15.0. The Bertz CT molecular complexity index is 932. The number of hydrogen-bond donors (Lipinski definition) is 0. The third-order valence-electron chi connectivity index (χ3n) is 7.91. The summed E-state index contributed by atoms with van der Waals surface area (Å²) in [5.74, 6) is 0.169. The van der Waals surface area contributed by atoms with Crippen molar-refractivity contribution in [2.75, 3.05) is 0 Å². The standard InChI is InChI=1S/C28H35F3/c1-3-5-7-18-9-10-21-16-22(12-11-20(21)13-18)26-25(30)17-23-14-19(8-6-4-2)15-24(29)27(23)28(26)31/h4,14-15,17-18,20-22H,2-3,5-13,16H2,1H3. The second-order valence-electron chi connectivity index (χ2n) is 9.94. The van der Waals surface area contributed by atoms with Crippen LogP contribution in [0.2, 0.25) is 0 Å². The SMILES string of the molecule is C=CCCc1cc(F)c2c(F)c(C3CCC4CC(CCCC)CCC4C3)c(F)cc2c1. The topological polar surface area (TPSA) is 0 Å². The lowest BCUT2D eigenvalue weighted by Gasteiger charge is -2.42. The van der Waals surface area contributed by atoms with Crippen LogP contribution < -0.4 is 0 Å². The minimum atomic E-state index is -0.678. The summed E-state index contributed by atoms with van der Waals surface area (Å²) in [6.07, 6.45) is 13.4. The van der Waals surface area contributed by atoms with Gasteiger partial charge in [0.05, 0.1) is 5.39 Å². The number of benzene rings is 2. The van der Waals surface area contributed by atoms with E-state index < -0.39 is 17.5 Å². The van der Waals surface area contributed by atoms with Crippen molar-refractivity contribution in [2.24, 2.45) is 17.8 Å². The van der Waals surface area contributed by atoms with Gasteiger partial charge in [-0.2, -0.15) is 0 Å². The summed E-state index contributed by atoms with van der Waals surface area (Å²) >= 11 is 0. The van der Waals surface area contributed by atoms with Crippen LogP contribution in [0, 0.1) is 35.2 Å². The molecule has 31 heavy (non-hydrogen) atoms. The number of aryl methyl sites for hydroxylation is 1. The fourth-order valence-electron chi connectivity index (χ4n) is 6.28. The van der Waals surface area contributed by atoms with Crippen molar-refractivity contribution in [3.05, 3.63) is 59.4 Å². The largest absolute Gasteiger partial charge is 0.207 e. The Kier molecular flexibility index (Phi) is 7.08. The summed E-state index contributed by atoms with van der Waals surface area (Å²) in [6, 6.07) is 4.46. The minimum Gasteiger partial charge on any atom is -0.207 e. The van der Waals surface area contributed by atoms with Crippen molar-refractivity contribution in [3.8, 4) is 0 Å². The molecule has 168 valence electrons. The Morgan fingerprint density at radius 2 is 1.74 bits per heavy atom. The van der Waals surface area contributed by atoms with Gasteiger partial charge in [-0.05, 0) is 91.7 Å². The Balaban J connectivity index is 1.56. The maximum atomic E-state index is 15.5. The maximum Gasteiger partial charge on any atom is 0.140 e. The number of unbranched alkanes of at least 4 members (excludes halogenated alkanes) is 1. The van der Waals surface area contributed by atoms with Crippen molar-refractivity contribution in [1.29, 1.82) is 0 Å². The van der Waals surface area contributed by atoms with Gasteiger partial charge in [0.25, 0.3) is 0 Å². The first-order valence-corrected chi connectivity index (χ1v) is 12.2. The van der Waals surface area contributed by atoms with Gasteiger partial charge in [-0.25, -0.2) is 13.2 Å². The molecular weight excluding hydrogens is 393 g/mol. The highest BCUT2D eigenvalue weighted by Gasteiger charge is 2.37. The smallest absolute Gasteiger partial charge is 0.140 e. The van der Waals surface area contributed by atoms with Crippen molar-refractivity contribution < 1.29 is 13.2 Å². The van der Waals surface area contributed by atoms with Crippen molar-refractivity contribution >= 4 is 10.8 Å². The van der Waals surface area contributed by atoms with Gasteiger partial charge in [0, 0.05) is 5.56 Å². The Labute approximate surface area is 184 Å².